The average Bonchev–Trinajstić information content (AvgIpc) is 3.56. The van der Waals surface area contributed by atoms with Crippen LogP contribution in [-0.2, 0) is 25.9 Å². The molecule has 0 aliphatic carbocycles. The molecule has 1 amide bonds. The van der Waals surface area contributed by atoms with E-state index in [0.717, 1.165) is 35.5 Å². The first kappa shape index (κ1) is 24.9. The molecule has 5 aromatic rings. The summed E-state index contributed by atoms with van der Waals surface area (Å²) < 4.78 is 13.5. The molecule has 0 unspecified atom stereocenters. The maximum Gasteiger partial charge on any atom is 0.270 e. The summed E-state index contributed by atoms with van der Waals surface area (Å²) in [4.78, 5) is 22.9. The minimum absolute atomic E-state index is 0.151. The highest BCUT2D eigenvalue weighted by Crippen LogP contribution is 2.20. The minimum Gasteiger partial charge on any atom is -0.361 e. The third kappa shape index (κ3) is 6.70. The molecule has 7 heteroatoms. The number of benzene rings is 3. The number of nitrogens with zero attached hydrogens (tertiary/aromatic N) is 2. The fourth-order valence-corrected chi connectivity index (χ4v) is 5.23. The molecule has 188 valence electrons. The van der Waals surface area contributed by atoms with E-state index in [-0.39, 0.29) is 11.7 Å². The molecule has 0 aliphatic heterocycles. The Morgan fingerprint density at radius 2 is 1.70 bits per heavy atom. The fourth-order valence-electron chi connectivity index (χ4n) is 4.41. The van der Waals surface area contributed by atoms with Gasteiger partial charge in [0.05, 0.1) is 6.54 Å². The Hall–Kier alpha value is -3.81. The summed E-state index contributed by atoms with van der Waals surface area (Å²) in [6.45, 7) is 2.65. The van der Waals surface area contributed by atoms with E-state index < -0.39 is 0 Å². The van der Waals surface area contributed by atoms with Gasteiger partial charge in [-0.2, -0.15) is 0 Å². The first-order valence-electron chi connectivity index (χ1n) is 12.4. The highest BCUT2D eigenvalue weighted by molar-refractivity contribution is 7.09. The van der Waals surface area contributed by atoms with Gasteiger partial charge in [0.1, 0.15) is 16.5 Å². The standard InChI is InChI=1S/C30H29FN4OS/c31-25-12-10-23(11-13-25)19-35(17-15-24-18-33-27-9-5-4-8-26(24)27)20-29-34-28(21-37-29)30(36)32-16-14-22-6-2-1-3-7-22/h1-13,18,21,33H,14-17,19-20H2,(H,32,36). The second-order valence-electron chi connectivity index (χ2n) is 9.06. The van der Waals surface area contributed by atoms with Crippen LogP contribution in [0.25, 0.3) is 10.9 Å². The van der Waals surface area contributed by atoms with Crippen molar-refractivity contribution in [3.63, 3.8) is 0 Å². The van der Waals surface area contributed by atoms with E-state index in [1.54, 1.807) is 0 Å². The van der Waals surface area contributed by atoms with Crippen LogP contribution in [0.2, 0.25) is 0 Å². The molecule has 0 spiro atoms. The summed E-state index contributed by atoms with van der Waals surface area (Å²) in [5, 5.41) is 6.91. The van der Waals surface area contributed by atoms with Gasteiger partial charge in [-0.05, 0) is 47.7 Å². The van der Waals surface area contributed by atoms with Crippen LogP contribution in [0.5, 0.6) is 0 Å². The second kappa shape index (κ2) is 12.0. The highest BCUT2D eigenvalue weighted by Gasteiger charge is 2.15. The molecule has 2 N–H and O–H groups in total. The van der Waals surface area contributed by atoms with Gasteiger partial charge in [0, 0.05) is 42.1 Å². The van der Waals surface area contributed by atoms with Crippen LogP contribution in [0.4, 0.5) is 4.39 Å². The normalized spacial score (nSPS) is 11.3. The summed E-state index contributed by atoms with van der Waals surface area (Å²) in [7, 11) is 0. The minimum atomic E-state index is -0.239. The van der Waals surface area contributed by atoms with Crippen molar-refractivity contribution in [3.05, 3.63) is 124 Å². The van der Waals surface area contributed by atoms with Crippen LogP contribution >= 0.6 is 11.3 Å². The summed E-state index contributed by atoms with van der Waals surface area (Å²) in [5.74, 6) is -0.390. The predicted molar refractivity (Wildman–Crippen MR) is 147 cm³/mol. The van der Waals surface area contributed by atoms with Crippen LogP contribution < -0.4 is 5.32 Å². The Kier molecular flexibility index (Phi) is 8.03. The average molecular weight is 513 g/mol. The lowest BCUT2D eigenvalue weighted by molar-refractivity contribution is 0.0949. The van der Waals surface area contributed by atoms with Crippen molar-refractivity contribution in [3.8, 4) is 0 Å². The van der Waals surface area contributed by atoms with Gasteiger partial charge in [0.15, 0.2) is 0 Å². The van der Waals surface area contributed by atoms with Crippen molar-refractivity contribution in [2.24, 2.45) is 0 Å². The van der Waals surface area contributed by atoms with Crippen molar-refractivity contribution in [1.29, 1.82) is 0 Å². The molecule has 0 atom stereocenters. The number of para-hydroxylation sites is 1. The van der Waals surface area contributed by atoms with Gasteiger partial charge in [0.2, 0.25) is 0 Å². The van der Waals surface area contributed by atoms with Crippen molar-refractivity contribution >= 4 is 28.1 Å². The van der Waals surface area contributed by atoms with Gasteiger partial charge in [-0.1, -0.05) is 60.7 Å². The number of hydrogen-bond donors (Lipinski definition) is 2. The van der Waals surface area contributed by atoms with E-state index in [4.69, 9.17) is 0 Å². The Bertz CT molecular complexity index is 1450. The predicted octanol–water partition coefficient (Wildman–Crippen LogP) is 5.98. The van der Waals surface area contributed by atoms with E-state index in [1.165, 1.54) is 40.0 Å². The van der Waals surface area contributed by atoms with Gasteiger partial charge in [-0.3, -0.25) is 9.69 Å². The third-order valence-corrected chi connectivity index (χ3v) is 7.21. The van der Waals surface area contributed by atoms with Gasteiger partial charge < -0.3 is 10.3 Å². The van der Waals surface area contributed by atoms with E-state index in [2.05, 4.69) is 56.7 Å². The number of halogens is 1. The summed E-state index contributed by atoms with van der Waals surface area (Å²) in [6.07, 6.45) is 3.72. The van der Waals surface area contributed by atoms with Crippen LogP contribution in [-0.4, -0.2) is 33.9 Å². The molecule has 5 rings (SSSR count). The first-order chi connectivity index (χ1) is 18.1. The number of amides is 1. The van der Waals surface area contributed by atoms with Gasteiger partial charge in [-0.15, -0.1) is 11.3 Å². The molecule has 3 aromatic carbocycles. The number of hydrogen-bond acceptors (Lipinski definition) is 4. The summed E-state index contributed by atoms with van der Waals surface area (Å²) >= 11 is 1.50. The lowest BCUT2D eigenvalue weighted by atomic mass is 10.1. The van der Waals surface area contributed by atoms with Crippen LogP contribution in [0.15, 0.2) is 90.4 Å². The molecule has 0 saturated carbocycles. The zero-order chi connectivity index (χ0) is 25.5. The third-order valence-electron chi connectivity index (χ3n) is 6.38. The van der Waals surface area contributed by atoms with Crippen LogP contribution in [0, 0.1) is 5.82 Å². The Balaban J connectivity index is 1.23. The van der Waals surface area contributed by atoms with Crippen molar-refractivity contribution in [2.75, 3.05) is 13.1 Å². The molecule has 0 bridgehead atoms. The SMILES string of the molecule is O=C(NCCc1ccccc1)c1csc(CN(CCc2c[nH]c3ccccc23)Cc2ccc(F)cc2)n1. The highest BCUT2D eigenvalue weighted by atomic mass is 32.1. The van der Waals surface area contributed by atoms with Gasteiger partial charge >= 0.3 is 0 Å². The molecular formula is C30H29FN4OS. The zero-order valence-electron chi connectivity index (χ0n) is 20.5. The van der Waals surface area contributed by atoms with Crippen LogP contribution in [0.3, 0.4) is 0 Å². The van der Waals surface area contributed by atoms with E-state index in [9.17, 15) is 9.18 Å². The zero-order valence-corrected chi connectivity index (χ0v) is 21.3. The number of aromatic nitrogens is 2. The maximum atomic E-state index is 13.5. The van der Waals surface area contributed by atoms with E-state index >= 15 is 0 Å². The van der Waals surface area contributed by atoms with Crippen molar-refractivity contribution in [1.82, 2.24) is 20.2 Å². The number of thiazole rings is 1. The van der Waals surface area contributed by atoms with Crippen molar-refractivity contribution in [2.45, 2.75) is 25.9 Å². The molecule has 2 aromatic heterocycles. The Morgan fingerprint density at radius 1 is 0.919 bits per heavy atom. The molecule has 0 aliphatic rings. The number of carbonyl (C=O) groups excluding carboxylic acids is 1. The molecule has 37 heavy (non-hydrogen) atoms. The fraction of sp³-hybridized carbons (Fsp3) is 0.200. The van der Waals surface area contributed by atoms with E-state index in [0.29, 0.717) is 25.3 Å². The lowest BCUT2D eigenvalue weighted by Crippen LogP contribution is -2.27. The maximum absolute atomic E-state index is 13.5. The Morgan fingerprint density at radius 3 is 2.54 bits per heavy atom. The monoisotopic (exact) mass is 512 g/mol. The molecule has 2 heterocycles. The number of nitrogens with one attached hydrogen (secondary N) is 2. The van der Waals surface area contributed by atoms with E-state index in [1.807, 2.05) is 41.8 Å². The number of rotatable bonds is 11. The smallest absolute Gasteiger partial charge is 0.270 e. The second-order valence-corrected chi connectivity index (χ2v) is 10.0. The summed E-state index contributed by atoms with van der Waals surface area (Å²) in [5.41, 5.74) is 5.07. The Labute approximate surface area is 220 Å². The van der Waals surface area contributed by atoms with Crippen molar-refractivity contribution < 1.29 is 9.18 Å². The number of H-pyrrole nitrogens is 1. The van der Waals surface area contributed by atoms with Gasteiger partial charge in [-0.25, -0.2) is 9.37 Å². The number of fused-ring (bicyclic) bond motifs is 1. The number of aromatic amines is 1. The summed E-state index contributed by atoms with van der Waals surface area (Å²) in [6, 6.07) is 25.0. The first-order valence-corrected chi connectivity index (χ1v) is 13.3. The van der Waals surface area contributed by atoms with Crippen LogP contribution in [0.1, 0.15) is 32.2 Å². The molecule has 0 radical (unpaired) electrons. The molecule has 0 saturated heterocycles. The lowest BCUT2D eigenvalue weighted by Gasteiger charge is -2.21. The van der Waals surface area contributed by atoms with Gasteiger partial charge in [0.25, 0.3) is 5.91 Å². The number of carbonyl (C=O) groups is 1. The topological polar surface area (TPSA) is 61.0 Å². The molecule has 5 nitrogen and oxygen atoms in total. The quantitative estimate of drug-likeness (QED) is 0.229. The molecule has 0 fully saturated rings. The largest absolute Gasteiger partial charge is 0.361 e. The molecular weight excluding hydrogens is 483 g/mol.